The van der Waals surface area contributed by atoms with Gasteiger partial charge in [-0.15, -0.1) is 54.0 Å². The van der Waals surface area contributed by atoms with Crippen LogP contribution in [0.2, 0.25) is 19.6 Å². The van der Waals surface area contributed by atoms with Crippen molar-refractivity contribution in [3.8, 4) is 22.5 Å². The van der Waals surface area contributed by atoms with Crippen molar-refractivity contribution >= 4 is 35.3 Å². The van der Waals surface area contributed by atoms with E-state index in [-0.39, 0.29) is 77.8 Å². The number of rotatable bonds is 6. The Morgan fingerprint density at radius 1 is 1.02 bits per heavy atom. The third-order valence-electron chi connectivity index (χ3n) is 7.87. The van der Waals surface area contributed by atoms with Crippen molar-refractivity contribution in [3.63, 3.8) is 0 Å². The Morgan fingerprint density at radius 2 is 1.84 bits per heavy atom. The quantitative estimate of drug-likeness (QED) is 0.125. The van der Waals surface area contributed by atoms with E-state index >= 15 is 0 Å². The molecule has 1 aliphatic rings. The maximum Gasteiger partial charge on any atom is 0.216 e. The van der Waals surface area contributed by atoms with Crippen LogP contribution in [0.5, 0.6) is 0 Å². The molecule has 0 saturated heterocycles. The summed E-state index contributed by atoms with van der Waals surface area (Å²) in [5, 5.41) is 1.53. The molecule has 0 amide bonds. The fourth-order valence-electron chi connectivity index (χ4n) is 5.60. The van der Waals surface area contributed by atoms with Crippen LogP contribution in [-0.4, -0.2) is 23.0 Å². The zero-order valence-corrected chi connectivity index (χ0v) is 29.6. The van der Waals surface area contributed by atoms with E-state index in [1.54, 1.807) is 12.1 Å². The van der Waals surface area contributed by atoms with E-state index in [1.165, 1.54) is 11.4 Å². The van der Waals surface area contributed by atoms with Crippen LogP contribution < -0.4 is 5.19 Å². The first-order chi connectivity index (χ1) is 24.4. The summed E-state index contributed by atoms with van der Waals surface area (Å²) in [7, 11) is -1.50. The molecule has 0 N–H and O–H groups in total. The first-order valence-electron chi connectivity index (χ1n) is 19.1. The van der Waals surface area contributed by atoms with E-state index in [9.17, 15) is 0 Å². The first-order valence-corrected chi connectivity index (χ1v) is 18.6. The molecule has 2 aromatic carbocycles. The minimum atomic E-state index is -1.53. The first kappa shape index (κ1) is 23.8. The maximum atomic E-state index is 8.69. The number of pyridine rings is 3. The molecule has 6 heteroatoms. The van der Waals surface area contributed by atoms with E-state index < -0.39 is 26.5 Å². The van der Waals surface area contributed by atoms with Crippen LogP contribution in [0.4, 0.5) is 0 Å². The van der Waals surface area contributed by atoms with Gasteiger partial charge >= 0.3 is 0 Å². The number of hydrogen-bond donors (Lipinski definition) is 0. The van der Waals surface area contributed by atoms with Gasteiger partial charge < -0.3 is 14.4 Å². The van der Waals surface area contributed by atoms with Crippen molar-refractivity contribution in [1.82, 2.24) is 15.0 Å². The van der Waals surface area contributed by atoms with Crippen molar-refractivity contribution in [2.24, 2.45) is 5.92 Å². The van der Waals surface area contributed by atoms with E-state index in [2.05, 4.69) is 52.8 Å². The second-order valence-corrected chi connectivity index (χ2v) is 17.4. The summed E-state index contributed by atoms with van der Waals surface area (Å²) in [6.07, 6.45) is 5.24. The molecular formula is C39H41IrN3OSi-2. The molecule has 1 saturated carbocycles. The number of fused-ring (bicyclic) bond motifs is 3. The molecule has 4 heterocycles. The Labute approximate surface area is 293 Å². The number of nitrogens with zero attached hydrogens (tertiary/aromatic N) is 3. The van der Waals surface area contributed by atoms with Crippen molar-refractivity contribution in [3.05, 3.63) is 108 Å². The maximum absolute atomic E-state index is 8.69. The van der Waals surface area contributed by atoms with Gasteiger partial charge in [0.25, 0.3) is 0 Å². The molecule has 1 fully saturated rings. The van der Waals surface area contributed by atoms with Crippen molar-refractivity contribution in [2.75, 3.05) is 0 Å². The summed E-state index contributed by atoms with van der Waals surface area (Å²) in [5.41, 5.74) is 4.15. The summed E-state index contributed by atoms with van der Waals surface area (Å²) in [6.45, 7) is 10.8. The number of benzene rings is 2. The average Bonchev–Trinajstić information content (AvgIpc) is 3.79. The predicted octanol–water partition coefficient (Wildman–Crippen LogP) is 9.79. The van der Waals surface area contributed by atoms with Crippen molar-refractivity contribution in [1.29, 1.82) is 0 Å². The van der Waals surface area contributed by atoms with Crippen LogP contribution in [0.15, 0.2) is 89.6 Å². The molecule has 0 unspecified atom stereocenters. The molecule has 4 aromatic heterocycles. The third-order valence-corrected chi connectivity index (χ3v) is 9.88. The third kappa shape index (κ3) is 7.52. The fourth-order valence-corrected chi connectivity index (χ4v) is 7.18. The van der Waals surface area contributed by atoms with Crippen LogP contribution in [-0.2, 0) is 26.5 Å². The topological polar surface area (TPSA) is 51.8 Å². The monoisotopic (exact) mass is 796 g/mol. The zero-order chi connectivity index (χ0) is 37.7. The second kappa shape index (κ2) is 14.3. The summed E-state index contributed by atoms with van der Waals surface area (Å²) in [6, 6.07) is 18.1. The standard InChI is InChI=1S/C22H19N2O.C17H22NSi.Ir/c1-2-6-15(5-1)13-16-10-12-23-20(14-16)19-8-3-7-17-18-9-4-11-24-22(18)25-21(17)19;1-13(2)15-11-16(14-9-7-6-8-10-14)18-12-17(15)19(3,4)5;/h3-4,7,9-12,14-15H,1-2,5-6,13H2;6-9,11-13H,1-5H3;/q2*-1;/i3D,4D,7D,9D,11D,13D2;13D;. The predicted molar refractivity (Wildman–Crippen MR) is 185 cm³/mol. The molecular weight excluding hydrogens is 747 g/mol. The number of hydrogen-bond acceptors (Lipinski definition) is 4. The Balaban J connectivity index is 0.000000223. The van der Waals surface area contributed by atoms with Gasteiger partial charge in [0.15, 0.2) is 0 Å². The summed E-state index contributed by atoms with van der Waals surface area (Å²) >= 11 is 0. The van der Waals surface area contributed by atoms with Crippen LogP contribution >= 0.6 is 0 Å². The largest absolute Gasteiger partial charge is 0.486 e. The number of furan rings is 1. The molecule has 0 atom stereocenters. The summed E-state index contributed by atoms with van der Waals surface area (Å²) < 4.78 is 72.2. The van der Waals surface area contributed by atoms with Gasteiger partial charge in [-0.1, -0.05) is 93.4 Å². The van der Waals surface area contributed by atoms with Gasteiger partial charge in [0.05, 0.1) is 17.8 Å². The van der Waals surface area contributed by atoms with E-state index in [4.69, 9.17) is 15.4 Å². The fraction of sp³-hybridized carbons (Fsp3) is 0.308. The van der Waals surface area contributed by atoms with Crippen LogP contribution in [0, 0.1) is 18.1 Å². The van der Waals surface area contributed by atoms with Gasteiger partial charge in [-0.25, -0.2) is 4.98 Å². The molecule has 4 nitrogen and oxygen atoms in total. The molecule has 1 aliphatic carbocycles. The van der Waals surface area contributed by atoms with Crippen molar-refractivity contribution < 1.29 is 35.5 Å². The van der Waals surface area contributed by atoms with Crippen LogP contribution in [0.1, 0.15) is 67.5 Å². The second-order valence-electron chi connectivity index (χ2n) is 12.4. The molecule has 233 valence electrons. The van der Waals surface area contributed by atoms with Gasteiger partial charge in [0, 0.05) is 49.5 Å². The number of aromatic nitrogens is 3. The van der Waals surface area contributed by atoms with E-state index in [1.807, 2.05) is 44.3 Å². The van der Waals surface area contributed by atoms with Gasteiger partial charge in [0.1, 0.15) is 0 Å². The van der Waals surface area contributed by atoms with Crippen molar-refractivity contribution in [2.45, 2.75) is 71.4 Å². The minimum absolute atomic E-state index is 0. The Kier molecular flexibility index (Phi) is 7.59. The molecule has 0 bridgehead atoms. The normalized spacial score (nSPS) is 16.6. The van der Waals surface area contributed by atoms with Crippen LogP contribution in [0.3, 0.4) is 0 Å². The smallest absolute Gasteiger partial charge is 0.216 e. The molecule has 45 heavy (non-hydrogen) atoms. The van der Waals surface area contributed by atoms with Gasteiger partial charge in [-0.2, -0.15) is 0 Å². The molecule has 7 rings (SSSR count). The molecule has 1 radical (unpaired) electrons. The SMILES string of the molecule is [2H]C(C)(C)c1cc(-c2[c-]cccc2)ncc1[Si](C)(C)C.[2H]c1[c-]c(-c2cc(C([2H])([2H])C3CCCC3)ccn2)c2oc3nc([2H])c([2H])c([2H])c3c2c1[2H].[Ir]. The van der Waals surface area contributed by atoms with Gasteiger partial charge in [-0.3, -0.25) is 0 Å². The Hall–Kier alpha value is -3.44. The van der Waals surface area contributed by atoms with Gasteiger partial charge in [0.2, 0.25) is 5.71 Å². The summed E-state index contributed by atoms with van der Waals surface area (Å²) in [4.78, 5) is 12.9. The van der Waals surface area contributed by atoms with Crippen LogP contribution in [0.25, 0.3) is 44.6 Å². The average molecular weight is 796 g/mol. The Bertz CT molecular complexity index is 2280. The zero-order valence-electron chi connectivity index (χ0n) is 34.2. The molecule has 6 aromatic rings. The Morgan fingerprint density at radius 3 is 2.58 bits per heavy atom. The summed E-state index contributed by atoms with van der Waals surface area (Å²) in [5.74, 6) is -0.682. The molecule has 0 aliphatic heterocycles. The van der Waals surface area contributed by atoms with E-state index in [0.29, 0.717) is 11.3 Å². The van der Waals surface area contributed by atoms with E-state index in [0.717, 1.165) is 42.5 Å². The minimum Gasteiger partial charge on any atom is -0.486 e. The van der Waals surface area contributed by atoms with Gasteiger partial charge in [-0.05, 0) is 54.3 Å². The molecule has 0 spiro atoms.